The lowest BCUT2D eigenvalue weighted by atomic mass is 9.97. The van der Waals surface area contributed by atoms with E-state index in [2.05, 4.69) is 56.1 Å². The van der Waals surface area contributed by atoms with Crippen LogP contribution < -0.4 is 0 Å². The Balaban J connectivity index is 1.69. The fourth-order valence-corrected chi connectivity index (χ4v) is 9.57. The highest BCUT2D eigenvalue weighted by Gasteiger charge is 2.52. The van der Waals surface area contributed by atoms with Gasteiger partial charge in [0.05, 0.1) is 5.69 Å². The zero-order chi connectivity index (χ0) is 21.3. The van der Waals surface area contributed by atoms with Crippen LogP contribution in [0.5, 0.6) is 0 Å². The highest BCUT2D eigenvalue weighted by molar-refractivity contribution is 7.55. The summed E-state index contributed by atoms with van der Waals surface area (Å²) in [7, 11) is -0.236. The zero-order valence-corrected chi connectivity index (χ0v) is 20.8. The van der Waals surface area contributed by atoms with Crippen LogP contribution in [-0.2, 0) is 0 Å². The van der Waals surface area contributed by atoms with Gasteiger partial charge in [-0.1, -0.05) is 44.4 Å². The number of hydrogen-bond acceptors (Lipinski definition) is 3. The van der Waals surface area contributed by atoms with Crippen LogP contribution in [0.15, 0.2) is 17.1 Å². The highest BCUT2D eigenvalue weighted by atomic mass is 31.1. The van der Waals surface area contributed by atoms with Crippen LogP contribution in [0.25, 0.3) is 0 Å². The molecule has 30 heavy (non-hydrogen) atoms. The van der Waals surface area contributed by atoms with E-state index in [1.165, 1.54) is 93.5 Å². The predicted octanol–water partition coefficient (Wildman–Crippen LogP) is 7.01. The van der Waals surface area contributed by atoms with Crippen LogP contribution in [-0.4, -0.2) is 46.9 Å². The maximum atomic E-state index is 5.52. The zero-order valence-electron chi connectivity index (χ0n) is 20.0. The van der Waals surface area contributed by atoms with Crippen LogP contribution in [0.3, 0.4) is 0 Å². The molecule has 2 bridgehead atoms. The van der Waals surface area contributed by atoms with E-state index in [4.69, 9.17) is 4.99 Å². The monoisotopic (exact) mass is 427 g/mol. The maximum absolute atomic E-state index is 5.52. The second-order valence-electron chi connectivity index (χ2n) is 9.93. The van der Waals surface area contributed by atoms with Crippen LogP contribution >= 0.6 is 8.22 Å². The van der Waals surface area contributed by atoms with Crippen molar-refractivity contribution in [1.82, 2.24) is 9.34 Å². The minimum atomic E-state index is -0.236. The summed E-state index contributed by atoms with van der Waals surface area (Å²) in [6.45, 7) is 16.5. The van der Waals surface area contributed by atoms with Gasteiger partial charge in [-0.15, -0.1) is 0 Å². The van der Waals surface area contributed by atoms with Gasteiger partial charge in [0, 0.05) is 45.8 Å². The lowest BCUT2D eigenvalue weighted by Crippen LogP contribution is -2.34. The van der Waals surface area contributed by atoms with Gasteiger partial charge in [0.2, 0.25) is 0 Å². The minimum Gasteiger partial charge on any atom is -0.268 e. The molecule has 3 fully saturated rings. The first-order valence-corrected chi connectivity index (χ1v) is 13.8. The van der Waals surface area contributed by atoms with E-state index >= 15 is 0 Å². The highest BCUT2D eigenvalue weighted by Crippen LogP contribution is 2.63. The second-order valence-corrected chi connectivity index (χ2v) is 12.3. The molecule has 1 aromatic carbocycles. The van der Waals surface area contributed by atoms with Crippen LogP contribution in [0.4, 0.5) is 5.69 Å². The summed E-state index contributed by atoms with van der Waals surface area (Å²) in [5, 5.41) is 0. The Morgan fingerprint density at radius 3 is 2.10 bits per heavy atom. The van der Waals surface area contributed by atoms with Gasteiger partial charge >= 0.3 is 0 Å². The van der Waals surface area contributed by atoms with E-state index in [1.54, 1.807) is 5.71 Å². The third-order valence-corrected chi connectivity index (χ3v) is 10.6. The van der Waals surface area contributed by atoms with E-state index in [0.717, 1.165) is 11.8 Å². The van der Waals surface area contributed by atoms with Crippen molar-refractivity contribution in [3.05, 3.63) is 28.8 Å². The molecule has 1 heterocycles. The molecule has 0 aromatic heterocycles. The number of aliphatic imine (C=N–C) groups is 1. The molecule has 3 atom stereocenters. The lowest BCUT2D eigenvalue weighted by Gasteiger charge is -2.39. The number of rotatable bonds is 8. The molecule has 4 rings (SSSR count). The summed E-state index contributed by atoms with van der Waals surface area (Å²) < 4.78 is 5.79. The Morgan fingerprint density at radius 2 is 1.53 bits per heavy atom. The summed E-state index contributed by atoms with van der Waals surface area (Å²) >= 11 is 0. The van der Waals surface area contributed by atoms with Crippen molar-refractivity contribution in [2.24, 2.45) is 16.8 Å². The molecular weight excluding hydrogens is 385 g/mol. The van der Waals surface area contributed by atoms with Gasteiger partial charge in [-0.25, -0.2) is 0 Å². The molecule has 0 radical (unpaired) electrons. The van der Waals surface area contributed by atoms with Crippen molar-refractivity contribution >= 4 is 19.6 Å². The number of hydrogen-bond donors (Lipinski definition) is 0. The Hall–Kier alpha value is -0.760. The van der Waals surface area contributed by atoms with Gasteiger partial charge in [-0.2, -0.15) is 0 Å². The number of fused-ring (bicyclic) bond motifs is 2. The Labute approximate surface area is 186 Å². The molecule has 166 valence electrons. The van der Waals surface area contributed by atoms with Crippen molar-refractivity contribution in [2.75, 3.05) is 26.2 Å². The molecule has 3 unspecified atom stereocenters. The number of aryl methyl sites for hydroxylation is 3. The van der Waals surface area contributed by atoms with Crippen molar-refractivity contribution in [2.45, 2.75) is 85.2 Å². The van der Waals surface area contributed by atoms with E-state index < -0.39 is 0 Å². The molecule has 4 heteroatoms. The molecule has 0 amide bonds. The van der Waals surface area contributed by atoms with E-state index in [9.17, 15) is 0 Å². The molecular formula is C26H42N3P. The molecule has 1 aliphatic heterocycles. The second kappa shape index (κ2) is 9.80. The minimum absolute atomic E-state index is 0.236. The largest absolute Gasteiger partial charge is 0.268 e. The van der Waals surface area contributed by atoms with Gasteiger partial charge in [0.25, 0.3) is 0 Å². The van der Waals surface area contributed by atoms with Crippen LogP contribution in [0, 0.1) is 32.6 Å². The normalized spacial score (nSPS) is 29.0. The van der Waals surface area contributed by atoms with Crippen molar-refractivity contribution in [3.8, 4) is 0 Å². The summed E-state index contributed by atoms with van der Waals surface area (Å²) in [6.07, 6.45) is 9.48. The summed E-state index contributed by atoms with van der Waals surface area (Å²) in [4.78, 5) is 5.52. The first kappa shape index (κ1) is 22.4. The van der Waals surface area contributed by atoms with E-state index in [1.807, 2.05) is 0 Å². The topological polar surface area (TPSA) is 18.8 Å². The standard InChI is InChI=1S/C26H42N3P/c1-6-8-12-28-14-15-29(13-9-7-2)30(28)26-23-11-10-22(18-23)25(26)27-24-20(4)16-19(3)17-21(24)5/h16-17,22-23,26H,6-15,18H2,1-5H3/b27-25+. The third-order valence-electron chi connectivity index (χ3n) is 7.50. The molecule has 0 N–H and O–H groups in total. The molecule has 3 aliphatic rings. The maximum Gasteiger partial charge on any atom is 0.0687 e. The Kier molecular flexibility index (Phi) is 7.33. The third kappa shape index (κ3) is 4.41. The fraction of sp³-hybridized carbons (Fsp3) is 0.731. The fourth-order valence-electron chi connectivity index (χ4n) is 6.07. The Bertz CT molecular complexity index is 735. The summed E-state index contributed by atoms with van der Waals surface area (Å²) in [5.74, 6) is 1.61. The van der Waals surface area contributed by atoms with Crippen LogP contribution in [0.2, 0.25) is 0 Å². The first-order valence-electron chi connectivity index (χ1n) is 12.5. The molecule has 3 nitrogen and oxygen atoms in total. The van der Waals surface area contributed by atoms with Crippen molar-refractivity contribution in [3.63, 3.8) is 0 Å². The van der Waals surface area contributed by atoms with Crippen molar-refractivity contribution in [1.29, 1.82) is 0 Å². The van der Waals surface area contributed by atoms with Gasteiger partial charge in [-0.05, 0) is 75.8 Å². The number of benzene rings is 1. The van der Waals surface area contributed by atoms with Gasteiger partial charge in [0.15, 0.2) is 0 Å². The smallest absolute Gasteiger partial charge is 0.0687 e. The molecule has 1 aromatic rings. The van der Waals surface area contributed by atoms with Gasteiger partial charge in [-0.3, -0.25) is 14.3 Å². The van der Waals surface area contributed by atoms with E-state index in [0.29, 0.717) is 5.66 Å². The summed E-state index contributed by atoms with van der Waals surface area (Å²) in [6, 6.07) is 4.63. The average Bonchev–Trinajstić information content (AvgIpc) is 3.41. The Morgan fingerprint density at radius 1 is 0.933 bits per heavy atom. The number of unbranched alkanes of at least 4 members (excludes halogenated alkanes) is 2. The predicted molar refractivity (Wildman–Crippen MR) is 132 cm³/mol. The SMILES string of the molecule is CCCCN1CCN(CCCC)P1C1/C(=N/c2c(C)cc(C)cc2C)C2CCC1C2. The lowest BCUT2D eigenvalue weighted by molar-refractivity contribution is 0.449. The molecule has 1 saturated heterocycles. The molecule has 0 spiro atoms. The first-order chi connectivity index (χ1) is 14.5. The number of nitrogens with zero attached hydrogens (tertiary/aromatic N) is 3. The molecule has 2 aliphatic carbocycles. The summed E-state index contributed by atoms with van der Waals surface area (Å²) in [5.41, 5.74) is 7.61. The van der Waals surface area contributed by atoms with Gasteiger partial charge in [0.1, 0.15) is 0 Å². The quantitative estimate of drug-likeness (QED) is 0.415. The van der Waals surface area contributed by atoms with E-state index in [-0.39, 0.29) is 8.22 Å². The van der Waals surface area contributed by atoms with Gasteiger partial charge < -0.3 is 0 Å². The van der Waals surface area contributed by atoms with Crippen molar-refractivity contribution < 1.29 is 0 Å². The van der Waals surface area contributed by atoms with Crippen LogP contribution in [0.1, 0.15) is 75.5 Å². The average molecular weight is 428 g/mol. The molecule has 2 saturated carbocycles.